The zero-order valence-electron chi connectivity index (χ0n) is 22.2. The molecule has 2 aromatic carbocycles. The van der Waals surface area contributed by atoms with Gasteiger partial charge in [-0.25, -0.2) is 17.5 Å². The van der Waals surface area contributed by atoms with Crippen molar-refractivity contribution in [3.8, 4) is 0 Å². The smallest absolute Gasteiger partial charge is 0.264 e. The highest BCUT2D eigenvalue weighted by Crippen LogP contribution is 2.34. The van der Waals surface area contributed by atoms with E-state index in [0.717, 1.165) is 43.2 Å². The lowest BCUT2D eigenvalue weighted by molar-refractivity contribution is -0.124. The van der Waals surface area contributed by atoms with E-state index < -0.39 is 28.1 Å². The van der Waals surface area contributed by atoms with Crippen LogP contribution in [-0.2, 0) is 34.2 Å². The summed E-state index contributed by atoms with van der Waals surface area (Å²) in [4.78, 5) is 15.2. The summed E-state index contributed by atoms with van der Waals surface area (Å²) in [5.41, 5.74) is 4.29. The van der Waals surface area contributed by atoms with Gasteiger partial charge in [-0.2, -0.15) is 0 Å². The van der Waals surface area contributed by atoms with Crippen molar-refractivity contribution in [1.82, 2.24) is 29.5 Å². The standard InChI is InChI=1S/C29H33FN6O3S/c30-23-11-14-34(15-12-23)19-21-9-10-26-22(17-21)5-4-8-27(26)35-20-24(32-33-35)18-28-29(37)31-13-16-36(28)40(38,39)25-6-2-1-3-7-25/h1-3,6-7,9-10,13,16-17,20,23,27-28H,4-5,8,11-12,14-15,18-19H2,(H,31,37)/t27-,28-/m1/s1. The highest BCUT2D eigenvalue weighted by Gasteiger charge is 2.36. The minimum atomic E-state index is -3.93. The number of nitrogens with one attached hydrogen (secondary N) is 1. The summed E-state index contributed by atoms with van der Waals surface area (Å²) in [5, 5.41) is 11.4. The molecule has 11 heteroatoms. The third-order valence-electron chi connectivity index (χ3n) is 8.07. The Bertz CT molecular complexity index is 1500. The quantitative estimate of drug-likeness (QED) is 0.473. The van der Waals surface area contributed by atoms with Crippen LogP contribution in [0.1, 0.15) is 54.1 Å². The first-order valence-corrected chi connectivity index (χ1v) is 15.3. The molecule has 0 unspecified atom stereocenters. The number of rotatable bonds is 7. The molecule has 1 fully saturated rings. The molecule has 0 radical (unpaired) electrons. The molecule has 3 heterocycles. The van der Waals surface area contributed by atoms with E-state index in [1.165, 1.54) is 41.2 Å². The second-order valence-electron chi connectivity index (χ2n) is 10.8. The Labute approximate surface area is 233 Å². The Balaban J connectivity index is 1.19. The number of nitrogens with zero attached hydrogens (tertiary/aromatic N) is 5. The van der Waals surface area contributed by atoms with Crippen molar-refractivity contribution in [2.45, 2.75) is 68.2 Å². The summed E-state index contributed by atoms with van der Waals surface area (Å²) < 4.78 is 43.1. The molecule has 0 bridgehead atoms. The maximum Gasteiger partial charge on any atom is 0.264 e. The first kappa shape index (κ1) is 26.6. The van der Waals surface area contributed by atoms with Crippen molar-refractivity contribution in [3.05, 3.63) is 89.5 Å². The van der Waals surface area contributed by atoms with E-state index in [9.17, 15) is 17.6 Å². The highest BCUT2D eigenvalue weighted by atomic mass is 32.2. The lowest BCUT2D eigenvalue weighted by Gasteiger charge is -2.31. The molecule has 1 N–H and O–H groups in total. The molecule has 3 aliphatic rings. The first-order chi connectivity index (χ1) is 19.4. The van der Waals surface area contributed by atoms with Gasteiger partial charge in [0.15, 0.2) is 0 Å². The van der Waals surface area contributed by atoms with Gasteiger partial charge in [-0.05, 0) is 60.9 Å². The van der Waals surface area contributed by atoms with E-state index in [1.807, 2.05) is 10.9 Å². The predicted octanol–water partition coefficient (Wildman–Crippen LogP) is 3.34. The number of sulfonamides is 1. The molecule has 1 saturated heterocycles. The Hall–Kier alpha value is -3.57. The molecule has 9 nitrogen and oxygen atoms in total. The number of fused-ring (bicyclic) bond motifs is 1. The van der Waals surface area contributed by atoms with Crippen LogP contribution in [0.5, 0.6) is 0 Å². The molecule has 1 aliphatic carbocycles. The van der Waals surface area contributed by atoms with Crippen molar-refractivity contribution in [2.75, 3.05) is 13.1 Å². The fourth-order valence-corrected chi connectivity index (χ4v) is 7.41. The number of aromatic nitrogens is 3. The van der Waals surface area contributed by atoms with Gasteiger partial charge in [-0.15, -0.1) is 5.10 Å². The molecule has 0 saturated carbocycles. The average molecular weight is 565 g/mol. The fraction of sp³-hybridized carbons (Fsp3) is 0.414. The number of piperidine rings is 1. The molecule has 2 aliphatic heterocycles. The van der Waals surface area contributed by atoms with Crippen LogP contribution in [0, 0.1) is 0 Å². The molecular weight excluding hydrogens is 531 g/mol. The van der Waals surface area contributed by atoms with Gasteiger partial charge in [0.25, 0.3) is 10.0 Å². The summed E-state index contributed by atoms with van der Waals surface area (Å²) in [5.74, 6) is -0.414. The summed E-state index contributed by atoms with van der Waals surface area (Å²) in [7, 11) is -3.93. The summed E-state index contributed by atoms with van der Waals surface area (Å²) in [6.45, 7) is 2.42. The Kier molecular flexibility index (Phi) is 7.41. The van der Waals surface area contributed by atoms with Crippen molar-refractivity contribution in [3.63, 3.8) is 0 Å². The van der Waals surface area contributed by atoms with Crippen molar-refractivity contribution < 1.29 is 17.6 Å². The van der Waals surface area contributed by atoms with Crippen LogP contribution >= 0.6 is 0 Å². The number of benzene rings is 2. The lowest BCUT2D eigenvalue weighted by atomic mass is 9.86. The normalized spacial score (nSPS) is 22.2. The van der Waals surface area contributed by atoms with E-state index in [-0.39, 0.29) is 17.4 Å². The molecule has 0 spiro atoms. The number of likely N-dealkylation sites (tertiary alicyclic amines) is 1. The Morgan fingerprint density at radius 2 is 1.85 bits per heavy atom. The number of hydrogen-bond acceptors (Lipinski definition) is 6. The SMILES string of the molecule is O=C1NC=CN(S(=O)(=O)c2ccccc2)[C@@H]1Cc1cn([C@@H]2CCCc3cc(CN4CCC(F)CC4)ccc32)nn1. The summed E-state index contributed by atoms with van der Waals surface area (Å²) in [6.07, 6.45) is 8.11. The molecule has 210 valence electrons. The van der Waals surface area contributed by atoms with Gasteiger partial charge in [0.05, 0.1) is 16.6 Å². The van der Waals surface area contributed by atoms with E-state index >= 15 is 0 Å². The van der Waals surface area contributed by atoms with Crippen molar-refractivity contribution >= 4 is 15.9 Å². The molecule has 6 rings (SSSR count). The minimum Gasteiger partial charge on any atom is -0.329 e. The average Bonchev–Trinajstić information content (AvgIpc) is 3.44. The molecule has 1 aromatic heterocycles. The van der Waals surface area contributed by atoms with Gasteiger partial charge in [0, 0.05) is 44.7 Å². The predicted molar refractivity (Wildman–Crippen MR) is 147 cm³/mol. The van der Waals surface area contributed by atoms with Gasteiger partial charge >= 0.3 is 0 Å². The fourth-order valence-electron chi connectivity index (χ4n) is 5.94. The second kappa shape index (κ2) is 11.1. The number of halogens is 1. The van der Waals surface area contributed by atoms with E-state index in [0.29, 0.717) is 18.5 Å². The van der Waals surface area contributed by atoms with Gasteiger partial charge in [0.1, 0.15) is 12.2 Å². The van der Waals surface area contributed by atoms with Crippen molar-refractivity contribution in [2.24, 2.45) is 0 Å². The third kappa shape index (κ3) is 5.40. The number of hydrogen-bond donors (Lipinski definition) is 1. The zero-order chi connectivity index (χ0) is 27.7. The maximum atomic E-state index is 13.5. The van der Waals surface area contributed by atoms with E-state index in [2.05, 4.69) is 38.7 Å². The molecule has 1 amide bonds. The topological polar surface area (TPSA) is 100 Å². The second-order valence-corrected chi connectivity index (χ2v) is 12.6. The van der Waals surface area contributed by atoms with Crippen LogP contribution < -0.4 is 5.32 Å². The lowest BCUT2D eigenvalue weighted by Crippen LogP contribution is -2.50. The molecule has 40 heavy (non-hydrogen) atoms. The van der Waals surface area contributed by atoms with E-state index in [1.54, 1.807) is 18.2 Å². The summed E-state index contributed by atoms with van der Waals surface area (Å²) in [6, 6.07) is 13.7. The number of amides is 1. The van der Waals surface area contributed by atoms with Crippen LogP contribution in [0.25, 0.3) is 0 Å². The van der Waals surface area contributed by atoms with Gasteiger partial charge in [-0.3, -0.25) is 14.0 Å². The minimum absolute atomic E-state index is 0.0190. The Morgan fingerprint density at radius 3 is 2.65 bits per heavy atom. The number of aryl methyl sites for hydroxylation is 1. The van der Waals surface area contributed by atoms with Crippen LogP contribution in [-0.4, -0.2) is 63.8 Å². The number of carbonyl (C=O) groups excluding carboxylic acids is 1. The first-order valence-electron chi connectivity index (χ1n) is 13.8. The highest BCUT2D eigenvalue weighted by molar-refractivity contribution is 7.89. The van der Waals surface area contributed by atoms with Gasteiger partial charge in [-0.1, -0.05) is 41.6 Å². The largest absolute Gasteiger partial charge is 0.329 e. The van der Waals surface area contributed by atoms with Gasteiger partial charge in [0.2, 0.25) is 5.91 Å². The van der Waals surface area contributed by atoms with E-state index in [4.69, 9.17) is 0 Å². The van der Waals surface area contributed by atoms with Crippen LogP contribution in [0.2, 0.25) is 0 Å². The van der Waals surface area contributed by atoms with Crippen LogP contribution in [0.4, 0.5) is 4.39 Å². The monoisotopic (exact) mass is 564 g/mol. The molecule has 3 aromatic rings. The number of carbonyl (C=O) groups is 1. The molecular formula is C29H33FN6O3S. The Morgan fingerprint density at radius 1 is 1.05 bits per heavy atom. The maximum absolute atomic E-state index is 13.5. The van der Waals surface area contributed by atoms with Crippen molar-refractivity contribution in [1.29, 1.82) is 0 Å². The van der Waals surface area contributed by atoms with Crippen LogP contribution in [0.15, 0.2) is 72.0 Å². The zero-order valence-corrected chi connectivity index (χ0v) is 23.0. The van der Waals surface area contributed by atoms with Crippen LogP contribution in [0.3, 0.4) is 0 Å². The number of alkyl halides is 1. The van der Waals surface area contributed by atoms with Gasteiger partial charge < -0.3 is 5.32 Å². The third-order valence-corrected chi connectivity index (χ3v) is 9.87. The summed E-state index contributed by atoms with van der Waals surface area (Å²) >= 11 is 0. The molecule has 2 atom stereocenters.